The molecule has 0 N–H and O–H groups in total. The highest BCUT2D eigenvalue weighted by atomic mass is 16.6. The molecule has 0 fully saturated rings. The Morgan fingerprint density at radius 2 is 1.76 bits per heavy atom. The number of carbonyl (C=O) groups excluding carboxylic acids is 1. The van der Waals surface area contributed by atoms with Gasteiger partial charge in [0.15, 0.2) is 18.1 Å². The van der Waals surface area contributed by atoms with Crippen LogP contribution >= 0.6 is 0 Å². The maximum atomic E-state index is 12.4. The lowest BCUT2D eigenvalue weighted by molar-refractivity contribution is 0.0429. The first-order valence-corrected chi connectivity index (χ1v) is 9.19. The third kappa shape index (κ3) is 4.84. The highest BCUT2D eigenvalue weighted by molar-refractivity contribution is 5.90. The van der Waals surface area contributed by atoms with Crippen LogP contribution in [-0.4, -0.2) is 36.4 Å². The third-order valence-electron chi connectivity index (χ3n) is 3.92. The maximum absolute atomic E-state index is 12.4. The monoisotopic (exact) mass is 398 g/mol. The molecule has 152 valence electrons. The zero-order chi connectivity index (χ0) is 20.6. The number of aromatic nitrogens is 2. The van der Waals surface area contributed by atoms with E-state index in [1.54, 1.807) is 31.4 Å². The molecule has 0 aliphatic heterocycles. The smallest absolute Gasteiger partial charge is 0.338 e. The van der Waals surface area contributed by atoms with E-state index >= 15 is 0 Å². The Labute approximate surface area is 168 Å². The van der Waals surface area contributed by atoms with Gasteiger partial charge in [0, 0.05) is 0 Å². The molecule has 0 unspecified atom stereocenters. The van der Waals surface area contributed by atoms with Gasteiger partial charge in [-0.05, 0) is 44.2 Å². The molecule has 0 atom stereocenters. The summed E-state index contributed by atoms with van der Waals surface area (Å²) in [6.07, 6.45) is 0. The van der Waals surface area contributed by atoms with E-state index in [1.807, 2.05) is 32.0 Å². The number of methoxy groups -OCH3 is 1. The Bertz CT molecular complexity index is 969. The zero-order valence-corrected chi connectivity index (χ0v) is 16.5. The molecule has 0 radical (unpaired) electrons. The molecule has 0 aliphatic carbocycles. The van der Waals surface area contributed by atoms with E-state index in [0.29, 0.717) is 47.4 Å². The summed E-state index contributed by atoms with van der Waals surface area (Å²) in [6.45, 7) is 4.53. The zero-order valence-electron chi connectivity index (χ0n) is 16.5. The molecule has 0 saturated heterocycles. The van der Waals surface area contributed by atoms with Crippen LogP contribution in [0.2, 0.25) is 0 Å². The number of ether oxygens (including phenoxy) is 4. The minimum Gasteiger partial charge on any atom is -0.496 e. The molecule has 3 rings (SSSR count). The number of hydrogen-bond donors (Lipinski definition) is 0. The van der Waals surface area contributed by atoms with Gasteiger partial charge in [0.2, 0.25) is 5.82 Å². The number of para-hydroxylation sites is 1. The number of rotatable bonds is 9. The molecule has 0 saturated carbocycles. The first-order chi connectivity index (χ1) is 14.2. The van der Waals surface area contributed by atoms with E-state index in [0.717, 1.165) is 0 Å². The summed E-state index contributed by atoms with van der Waals surface area (Å²) in [7, 11) is 1.56. The summed E-state index contributed by atoms with van der Waals surface area (Å²) in [5, 5.41) is 3.92. The molecule has 1 heterocycles. The number of esters is 1. The van der Waals surface area contributed by atoms with Crippen LogP contribution < -0.4 is 14.2 Å². The molecule has 29 heavy (non-hydrogen) atoms. The standard InChI is InChI=1S/C21H22N2O6/c1-4-26-17-11-10-14(12-18(17)27-5-2)21(24)28-13-19-22-20(23-29-19)15-8-6-7-9-16(15)25-3/h6-12H,4-5,13H2,1-3H3. The molecule has 3 aromatic rings. The van der Waals surface area contributed by atoms with Crippen LogP contribution in [0.25, 0.3) is 11.4 Å². The average molecular weight is 398 g/mol. The van der Waals surface area contributed by atoms with Gasteiger partial charge >= 0.3 is 5.97 Å². The summed E-state index contributed by atoms with van der Waals surface area (Å²) in [6, 6.07) is 12.2. The predicted octanol–water partition coefficient (Wildman–Crippen LogP) is 3.90. The largest absolute Gasteiger partial charge is 0.496 e. The second-order valence-electron chi connectivity index (χ2n) is 5.82. The number of benzene rings is 2. The summed E-state index contributed by atoms with van der Waals surface area (Å²) in [4.78, 5) is 16.7. The van der Waals surface area contributed by atoms with Crippen molar-refractivity contribution in [2.24, 2.45) is 0 Å². The van der Waals surface area contributed by atoms with E-state index in [9.17, 15) is 4.79 Å². The number of carbonyl (C=O) groups is 1. The predicted molar refractivity (Wildman–Crippen MR) is 104 cm³/mol. The van der Waals surface area contributed by atoms with Crippen LogP contribution in [0.4, 0.5) is 0 Å². The van der Waals surface area contributed by atoms with Crippen LogP contribution in [0.5, 0.6) is 17.2 Å². The molecule has 0 spiro atoms. The summed E-state index contributed by atoms with van der Waals surface area (Å²) in [5.74, 6) is 1.67. The van der Waals surface area contributed by atoms with Crippen molar-refractivity contribution in [2.45, 2.75) is 20.5 Å². The SMILES string of the molecule is CCOc1ccc(C(=O)OCc2nc(-c3ccccc3OC)no2)cc1OCC. The van der Waals surface area contributed by atoms with Gasteiger partial charge in [-0.1, -0.05) is 17.3 Å². The maximum Gasteiger partial charge on any atom is 0.338 e. The van der Waals surface area contributed by atoms with Crippen molar-refractivity contribution in [2.75, 3.05) is 20.3 Å². The van der Waals surface area contributed by atoms with E-state index in [-0.39, 0.29) is 12.5 Å². The molecule has 8 nitrogen and oxygen atoms in total. The van der Waals surface area contributed by atoms with Crippen molar-refractivity contribution >= 4 is 5.97 Å². The van der Waals surface area contributed by atoms with Gasteiger partial charge in [-0.2, -0.15) is 4.98 Å². The molecule has 8 heteroatoms. The summed E-state index contributed by atoms with van der Waals surface area (Å²) >= 11 is 0. The Kier molecular flexibility index (Phi) is 6.67. The quantitative estimate of drug-likeness (QED) is 0.501. The lowest BCUT2D eigenvalue weighted by atomic mass is 10.2. The molecule has 0 bridgehead atoms. The van der Waals surface area contributed by atoms with Crippen LogP contribution in [0.15, 0.2) is 47.0 Å². The van der Waals surface area contributed by atoms with Gasteiger partial charge in [-0.25, -0.2) is 4.79 Å². The number of nitrogens with zero attached hydrogens (tertiary/aromatic N) is 2. The second kappa shape index (κ2) is 9.59. The normalized spacial score (nSPS) is 10.4. The summed E-state index contributed by atoms with van der Waals surface area (Å²) in [5.41, 5.74) is 1.02. The van der Waals surface area contributed by atoms with Crippen LogP contribution in [0.3, 0.4) is 0 Å². The third-order valence-corrected chi connectivity index (χ3v) is 3.92. The highest BCUT2D eigenvalue weighted by Crippen LogP contribution is 2.29. The van der Waals surface area contributed by atoms with Crippen molar-refractivity contribution in [3.05, 3.63) is 53.9 Å². The van der Waals surface area contributed by atoms with Gasteiger partial charge in [-0.15, -0.1) is 0 Å². The molecule has 0 aliphatic rings. The lowest BCUT2D eigenvalue weighted by Crippen LogP contribution is -2.07. The molecule has 0 amide bonds. The minimum atomic E-state index is -0.536. The Balaban J connectivity index is 1.68. The Hall–Kier alpha value is -3.55. The van der Waals surface area contributed by atoms with Crippen molar-refractivity contribution in [1.29, 1.82) is 0 Å². The topological polar surface area (TPSA) is 92.9 Å². The molecule has 1 aromatic heterocycles. The Morgan fingerprint density at radius 1 is 1.00 bits per heavy atom. The molecular formula is C21H22N2O6. The Morgan fingerprint density at radius 3 is 2.52 bits per heavy atom. The van der Waals surface area contributed by atoms with Crippen molar-refractivity contribution in [3.8, 4) is 28.6 Å². The fraction of sp³-hybridized carbons (Fsp3) is 0.286. The van der Waals surface area contributed by atoms with Crippen molar-refractivity contribution in [3.63, 3.8) is 0 Å². The molecular weight excluding hydrogens is 376 g/mol. The van der Waals surface area contributed by atoms with Crippen LogP contribution in [0, 0.1) is 0 Å². The first kappa shape index (κ1) is 20.2. The minimum absolute atomic E-state index is 0.155. The highest BCUT2D eigenvalue weighted by Gasteiger charge is 2.16. The fourth-order valence-electron chi connectivity index (χ4n) is 2.64. The van der Waals surface area contributed by atoms with Gasteiger partial charge in [0.1, 0.15) is 5.75 Å². The van der Waals surface area contributed by atoms with E-state index in [1.165, 1.54) is 0 Å². The number of hydrogen-bond acceptors (Lipinski definition) is 8. The van der Waals surface area contributed by atoms with Crippen LogP contribution in [-0.2, 0) is 11.3 Å². The average Bonchev–Trinajstić information content (AvgIpc) is 3.22. The van der Waals surface area contributed by atoms with Crippen molar-refractivity contribution in [1.82, 2.24) is 10.1 Å². The van der Waals surface area contributed by atoms with Gasteiger partial charge in [0.05, 0.1) is 31.5 Å². The van der Waals surface area contributed by atoms with Crippen LogP contribution in [0.1, 0.15) is 30.1 Å². The van der Waals surface area contributed by atoms with Gasteiger partial charge in [-0.3, -0.25) is 0 Å². The fourth-order valence-corrected chi connectivity index (χ4v) is 2.64. The molecule has 2 aromatic carbocycles. The van der Waals surface area contributed by atoms with Gasteiger partial charge in [0.25, 0.3) is 5.89 Å². The summed E-state index contributed by atoms with van der Waals surface area (Å²) < 4.78 is 26.8. The van der Waals surface area contributed by atoms with Gasteiger partial charge < -0.3 is 23.5 Å². The van der Waals surface area contributed by atoms with E-state index in [2.05, 4.69) is 10.1 Å². The lowest BCUT2D eigenvalue weighted by Gasteiger charge is -2.11. The first-order valence-electron chi connectivity index (χ1n) is 9.19. The van der Waals surface area contributed by atoms with E-state index in [4.69, 9.17) is 23.5 Å². The second-order valence-corrected chi connectivity index (χ2v) is 5.82. The van der Waals surface area contributed by atoms with E-state index < -0.39 is 5.97 Å². The van der Waals surface area contributed by atoms with Crippen molar-refractivity contribution < 1.29 is 28.3 Å².